The summed E-state index contributed by atoms with van der Waals surface area (Å²) in [5, 5.41) is 8.16. The first-order valence-electron chi connectivity index (χ1n) is 7.02. The van der Waals surface area contributed by atoms with Gasteiger partial charge in [0.05, 0.1) is 34.8 Å². The summed E-state index contributed by atoms with van der Waals surface area (Å²) < 4.78 is 1.97. The van der Waals surface area contributed by atoms with Crippen LogP contribution in [0, 0.1) is 0 Å². The lowest BCUT2D eigenvalue weighted by atomic mass is 10.1. The molecular formula is C15H17N5. The molecular weight excluding hydrogens is 250 g/mol. The zero-order chi connectivity index (χ0) is 13.5. The summed E-state index contributed by atoms with van der Waals surface area (Å²) in [4.78, 5) is 7.41. The van der Waals surface area contributed by atoms with Gasteiger partial charge in [0.1, 0.15) is 0 Å². The van der Waals surface area contributed by atoms with Crippen LogP contribution >= 0.6 is 0 Å². The van der Waals surface area contributed by atoms with Crippen molar-refractivity contribution in [2.75, 3.05) is 6.54 Å². The van der Waals surface area contributed by atoms with Gasteiger partial charge in [-0.15, -0.1) is 0 Å². The van der Waals surface area contributed by atoms with Crippen molar-refractivity contribution in [2.45, 2.75) is 18.9 Å². The quantitative estimate of drug-likeness (QED) is 0.749. The topological polar surface area (TPSA) is 58.5 Å². The van der Waals surface area contributed by atoms with E-state index in [1.54, 1.807) is 6.33 Å². The van der Waals surface area contributed by atoms with Crippen LogP contribution in [0.3, 0.4) is 0 Å². The Labute approximate surface area is 117 Å². The van der Waals surface area contributed by atoms with Gasteiger partial charge in [0.25, 0.3) is 0 Å². The fraction of sp³-hybridized carbons (Fsp3) is 0.333. The number of imidazole rings is 1. The van der Waals surface area contributed by atoms with E-state index in [9.17, 15) is 0 Å². The van der Waals surface area contributed by atoms with Crippen LogP contribution in [0.15, 0.2) is 30.6 Å². The molecule has 5 heteroatoms. The maximum atomic E-state index is 4.67. The molecule has 0 spiro atoms. The van der Waals surface area contributed by atoms with E-state index < -0.39 is 0 Å². The molecule has 1 fully saturated rings. The number of hydrogen-bond donors (Lipinski definition) is 2. The molecule has 1 aliphatic heterocycles. The number of fused-ring (bicyclic) bond motifs is 1. The Bertz CT molecular complexity index is 749. The van der Waals surface area contributed by atoms with E-state index in [1.165, 1.54) is 18.4 Å². The maximum Gasteiger partial charge on any atom is 0.0931 e. The molecule has 1 saturated heterocycles. The number of aromatic nitrogens is 4. The minimum Gasteiger partial charge on any atom is -0.345 e. The first kappa shape index (κ1) is 11.7. The van der Waals surface area contributed by atoms with E-state index in [4.69, 9.17) is 0 Å². The third-order valence-electron chi connectivity index (χ3n) is 4.03. The predicted molar refractivity (Wildman–Crippen MR) is 78.3 cm³/mol. The molecule has 3 heterocycles. The molecule has 0 saturated carbocycles. The Hall–Kier alpha value is -2.14. The third-order valence-corrected chi connectivity index (χ3v) is 4.03. The van der Waals surface area contributed by atoms with E-state index in [-0.39, 0.29) is 0 Å². The average molecular weight is 267 g/mol. The lowest BCUT2D eigenvalue weighted by Gasteiger charge is -2.04. The predicted octanol–water partition coefficient (Wildman–Crippen LogP) is 2.39. The van der Waals surface area contributed by atoms with E-state index in [1.807, 2.05) is 17.8 Å². The second-order valence-corrected chi connectivity index (χ2v) is 5.36. The molecule has 0 amide bonds. The van der Waals surface area contributed by atoms with Crippen LogP contribution in [0.5, 0.6) is 0 Å². The zero-order valence-electron chi connectivity index (χ0n) is 11.4. The number of benzene rings is 1. The van der Waals surface area contributed by atoms with E-state index in [0.717, 1.165) is 29.0 Å². The molecule has 102 valence electrons. The Morgan fingerprint density at radius 3 is 3.10 bits per heavy atom. The van der Waals surface area contributed by atoms with Crippen LogP contribution in [0.2, 0.25) is 0 Å². The average Bonchev–Trinajstić information content (AvgIpc) is 3.17. The summed E-state index contributed by atoms with van der Waals surface area (Å²) in [6, 6.07) is 8.88. The highest BCUT2D eigenvalue weighted by Crippen LogP contribution is 2.28. The highest BCUT2D eigenvalue weighted by molar-refractivity contribution is 5.80. The Morgan fingerprint density at radius 2 is 2.25 bits per heavy atom. The van der Waals surface area contributed by atoms with Crippen LogP contribution in [0.1, 0.15) is 24.6 Å². The Morgan fingerprint density at radius 1 is 1.30 bits per heavy atom. The van der Waals surface area contributed by atoms with Gasteiger partial charge in [-0.3, -0.25) is 4.68 Å². The molecule has 1 aromatic carbocycles. The van der Waals surface area contributed by atoms with Crippen LogP contribution in [-0.4, -0.2) is 26.3 Å². The van der Waals surface area contributed by atoms with E-state index >= 15 is 0 Å². The fourth-order valence-corrected chi connectivity index (χ4v) is 2.96. The molecule has 5 nitrogen and oxygen atoms in total. The Balaban J connectivity index is 1.76. The lowest BCUT2D eigenvalue weighted by Crippen LogP contribution is -2.13. The van der Waals surface area contributed by atoms with Crippen molar-refractivity contribution in [1.82, 2.24) is 25.1 Å². The van der Waals surface area contributed by atoms with Crippen molar-refractivity contribution in [1.29, 1.82) is 0 Å². The van der Waals surface area contributed by atoms with Crippen molar-refractivity contribution in [3.8, 4) is 11.3 Å². The second-order valence-electron chi connectivity index (χ2n) is 5.36. The molecule has 20 heavy (non-hydrogen) atoms. The van der Waals surface area contributed by atoms with Gasteiger partial charge < -0.3 is 10.3 Å². The van der Waals surface area contributed by atoms with Crippen molar-refractivity contribution < 1.29 is 0 Å². The summed E-state index contributed by atoms with van der Waals surface area (Å²) in [6.07, 6.45) is 4.14. The molecule has 4 rings (SSSR count). The molecule has 0 aliphatic carbocycles. The SMILES string of the molecule is Cn1nc(C2CCCN2)cc1-c1ccc2nc[nH]c2c1. The standard InChI is InChI=1S/C15H17N5/c1-20-15(8-14(19-20)11-3-2-6-16-11)10-4-5-12-13(7-10)18-9-17-12/h4-5,7-9,11,16H,2-3,6H2,1H3,(H,17,18). The maximum absolute atomic E-state index is 4.67. The van der Waals surface area contributed by atoms with Gasteiger partial charge in [-0.1, -0.05) is 6.07 Å². The summed E-state index contributed by atoms with van der Waals surface area (Å²) in [5.41, 5.74) is 5.51. The number of nitrogens with zero attached hydrogens (tertiary/aromatic N) is 3. The number of rotatable bonds is 2. The molecule has 2 aromatic heterocycles. The highest BCUT2D eigenvalue weighted by atomic mass is 15.3. The van der Waals surface area contributed by atoms with Crippen molar-refractivity contribution in [2.24, 2.45) is 7.05 Å². The van der Waals surface area contributed by atoms with Crippen LogP contribution in [0.25, 0.3) is 22.3 Å². The normalized spacial score (nSPS) is 18.9. The highest BCUT2D eigenvalue weighted by Gasteiger charge is 2.20. The molecule has 0 radical (unpaired) electrons. The van der Waals surface area contributed by atoms with Gasteiger partial charge in [-0.2, -0.15) is 5.10 Å². The number of nitrogens with one attached hydrogen (secondary N) is 2. The smallest absolute Gasteiger partial charge is 0.0931 e. The molecule has 2 N–H and O–H groups in total. The number of aryl methyl sites for hydroxylation is 1. The van der Waals surface area contributed by atoms with Crippen molar-refractivity contribution in [3.63, 3.8) is 0 Å². The number of H-pyrrole nitrogens is 1. The summed E-state index contributed by atoms with van der Waals surface area (Å²) in [5.74, 6) is 0. The number of hydrogen-bond acceptors (Lipinski definition) is 3. The molecule has 1 unspecified atom stereocenters. The van der Waals surface area contributed by atoms with Crippen LogP contribution < -0.4 is 5.32 Å². The monoisotopic (exact) mass is 267 g/mol. The number of aromatic amines is 1. The minimum atomic E-state index is 0.408. The molecule has 3 aromatic rings. The molecule has 1 aliphatic rings. The molecule has 0 bridgehead atoms. The molecule has 1 atom stereocenters. The van der Waals surface area contributed by atoms with Gasteiger partial charge in [0, 0.05) is 12.6 Å². The first-order valence-corrected chi connectivity index (χ1v) is 7.02. The Kier molecular flexibility index (Phi) is 2.60. The summed E-state index contributed by atoms with van der Waals surface area (Å²) in [6.45, 7) is 1.09. The summed E-state index contributed by atoms with van der Waals surface area (Å²) >= 11 is 0. The largest absolute Gasteiger partial charge is 0.345 e. The van der Waals surface area contributed by atoms with Gasteiger partial charge in [-0.05, 0) is 37.6 Å². The summed E-state index contributed by atoms with van der Waals surface area (Å²) in [7, 11) is 2.00. The first-order chi connectivity index (χ1) is 9.81. The van der Waals surface area contributed by atoms with Crippen molar-refractivity contribution >= 4 is 11.0 Å². The van der Waals surface area contributed by atoms with Gasteiger partial charge in [-0.25, -0.2) is 4.98 Å². The van der Waals surface area contributed by atoms with Crippen molar-refractivity contribution in [3.05, 3.63) is 36.3 Å². The van der Waals surface area contributed by atoms with E-state index in [0.29, 0.717) is 6.04 Å². The lowest BCUT2D eigenvalue weighted by molar-refractivity contribution is 0.607. The fourth-order valence-electron chi connectivity index (χ4n) is 2.96. The van der Waals surface area contributed by atoms with Crippen LogP contribution in [-0.2, 0) is 7.05 Å². The minimum absolute atomic E-state index is 0.408. The van der Waals surface area contributed by atoms with Gasteiger partial charge >= 0.3 is 0 Å². The second kappa shape index (κ2) is 4.45. The van der Waals surface area contributed by atoms with Crippen LogP contribution in [0.4, 0.5) is 0 Å². The van der Waals surface area contributed by atoms with E-state index in [2.05, 4.69) is 38.6 Å². The third kappa shape index (κ3) is 1.82. The van der Waals surface area contributed by atoms with Gasteiger partial charge in [0.2, 0.25) is 0 Å². The van der Waals surface area contributed by atoms with Gasteiger partial charge in [0.15, 0.2) is 0 Å². The zero-order valence-corrected chi connectivity index (χ0v) is 11.4.